The monoisotopic (exact) mass is 238 g/mol. The van der Waals surface area contributed by atoms with Crippen molar-refractivity contribution >= 4 is 0 Å². The van der Waals surface area contributed by atoms with Crippen LogP contribution in [0.2, 0.25) is 0 Å². The second kappa shape index (κ2) is 7.84. The van der Waals surface area contributed by atoms with Gasteiger partial charge in [-0.2, -0.15) is 6.42 Å². The van der Waals surface area contributed by atoms with E-state index in [0.717, 1.165) is 19.5 Å². The first-order valence-corrected chi connectivity index (χ1v) is 3.82. The van der Waals surface area contributed by atoms with Crippen LogP contribution in [0.3, 0.4) is 0 Å². The summed E-state index contributed by atoms with van der Waals surface area (Å²) in [4.78, 5) is 3.93. The van der Waals surface area contributed by atoms with Crippen molar-refractivity contribution in [3.05, 3.63) is 37.0 Å². The summed E-state index contributed by atoms with van der Waals surface area (Å²) >= 11 is 0. The minimum absolute atomic E-state index is 0. The third-order valence-electron chi connectivity index (χ3n) is 1.43. The van der Waals surface area contributed by atoms with Gasteiger partial charge < -0.3 is 12.2 Å². The molecule has 60 valence electrons. The summed E-state index contributed by atoms with van der Waals surface area (Å²) in [7, 11) is 0. The molecular formula is C9H13N2Y+2. The van der Waals surface area contributed by atoms with Gasteiger partial charge in [0.15, 0.2) is 0 Å². The zero-order chi connectivity index (χ0) is 7.94. The third-order valence-corrected chi connectivity index (χ3v) is 1.43. The van der Waals surface area contributed by atoms with Gasteiger partial charge >= 0.3 is 32.7 Å². The molecule has 0 aliphatic heterocycles. The Morgan fingerprint density at radius 3 is 2.58 bits per heavy atom. The zero-order valence-corrected chi connectivity index (χ0v) is 10.0. The van der Waals surface area contributed by atoms with Crippen LogP contribution in [-0.2, 0) is 39.3 Å². The summed E-state index contributed by atoms with van der Waals surface area (Å²) < 4.78 is 0. The molecule has 1 aromatic heterocycles. The Morgan fingerprint density at radius 2 is 2.00 bits per heavy atom. The molecule has 0 aliphatic carbocycles. The second-order valence-electron chi connectivity index (χ2n) is 2.39. The maximum atomic E-state index is 3.93. The Balaban J connectivity index is 0.00000121. The predicted molar refractivity (Wildman–Crippen MR) is 45.9 cm³/mol. The van der Waals surface area contributed by atoms with Crippen LogP contribution in [0.25, 0.3) is 0 Å². The Kier molecular flexibility index (Phi) is 7.98. The van der Waals surface area contributed by atoms with Gasteiger partial charge in [0.2, 0.25) is 0 Å². The molecule has 1 N–H and O–H groups in total. The van der Waals surface area contributed by atoms with E-state index < -0.39 is 0 Å². The molecule has 0 saturated heterocycles. The van der Waals surface area contributed by atoms with Gasteiger partial charge in [-0.1, -0.05) is 0 Å². The van der Waals surface area contributed by atoms with Gasteiger partial charge in [-0.15, -0.1) is 0 Å². The minimum Gasteiger partial charge on any atom is -0.342 e. The summed E-state index contributed by atoms with van der Waals surface area (Å²) in [5.74, 6) is 0. The van der Waals surface area contributed by atoms with Gasteiger partial charge in [-0.25, -0.2) is 0 Å². The molecule has 0 amide bonds. The van der Waals surface area contributed by atoms with E-state index in [0.29, 0.717) is 0 Å². The molecule has 0 fully saturated rings. The average Bonchev–Trinajstić information content (AvgIpc) is 2.07. The van der Waals surface area contributed by atoms with E-state index in [1.807, 2.05) is 12.1 Å². The van der Waals surface area contributed by atoms with Crippen molar-refractivity contribution in [2.24, 2.45) is 0 Å². The molecule has 0 bridgehead atoms. The van der Waals surface area contributed by atoms with Crippen molar-refractivity contribution in [2.45, 2.75) is 13.0 Å². The smallest absolute Gasteiger partial charge is 0.342 e. The van der Waals surface area contributed by atoms with Gasteiger partial charge in [0, 0.05) is 18.9 Å². The Morgan fingerprint density at radius 1 is 1.33 bits per heavy atom. The van der Waals surface area contributed by atoms with E-state index in [9.17, 15) is 0 Å². The molecule has 1 heterocycles. The normalized spacial score (nSPS) is 9.08. The fourth-order valence-electron chi connectivity index (χ4n) is 0.858. The van der Waals surface area contributed by atoms with Gasteiger partial charge in [0.05, 0.1) is 0 Å². The number of pyridine rings is 1. The van der Waals surface area contributed by atoms with Crippen LogP contribution in [0.5, 0.6) is 0 Å². The maximum absolute atomic E-state index is 3.93. The summed E-state index contributed by atoms with van der Waals surface area (Å²) in [6.45, 7) is 5.63. The summed E-state index contributed by atoms with van der Waals surface area (Å²) in [6, 6.07) is 4.02. The van der Waals surface area contributed by atoms with Crippen LogP contribution in [0, 0.1) is 6.92 Å². The quantitative estimate of drug-likeness (QED) is 0.633. The van der Waals surface area contributed by atoms with Crippen LogP contribution < -0.4 is 5.32 Å². The molecule has 2 nitrogen and oxygen atoms in total. The molecular weight excluding hydrogens is 225 g/mol. The van der Waals surface area contributed by atoms with Gasteiger partial charge in [-0.05, 0) is 24.2 Å². The average molecular weight is 238 g/mol. The van der Waals surface area contributed by atoms with E-state index in [1.165, 1.54) is 5.56 Å². The van der Waals surface area contributed by atoms with Crippen molar-refractivity contribution in [2.75, 3.05) is 6.54 Å². The van der Waals surface area contributed by atoms with Crippen molar-refractivity contribution in [3.63, 3.8) is 0 Å². The molecule has 0 aliphatic rings. The first-order valence-electron chi connectivity index (χ1n) is 3.82. The van der Waals surface area contributed by atoms with Crippen molar-refractivity contribution < 1.29 is 32.7 Å². The molecule has 0 aromatic carbocycles. The Hall–Kier alpha value is 0.214. The largest absolute Gasteiger partial charge is 3.00 e. The van der Waals surface area contributed by atoms with E-state index in [-0.39, 0.29) is 32.7 Å². The number of hydrogen-bond acceptors (Lipinski definition) is 2. The number of nitrogens with one attached hydrogen (secondary N) is 1. The topological polar surface area (TPSA) is 24.9 Å². The first kappa shape index (κ1) is 12.2. The second-order valence-corrected chi connectivity index (χ2v) is 2.39. The molecule has 1 rings (SSSR count). The van der Waals surface area contributed by atoms with Crippen LogP contribution in [0.4, 0.5) is 0 Å². The van der Waals surface area contributed by atoms with Gasteiger partial charge in [-0.3, -0.25) is 4.98 Å². The Bertz CT molecular complexity index is 189. The van der Waals surface area contributed by atoms with E-state index in [1.54, 1.807) is 12.4 Å². The first-order chi connectivity index (χ1) is 5.43. The fraction of sp³-hybridized carbons (Fsp3) is 0.333. The molecule has 0 atom stereocenters. The van der Waals surface area contributed by atoms with E-state index in [4.69, 9.17) is 0 Å². The third kappa shape index (κ3) is 4.97. The summed E-state index contributed by atoms with van der Waals surface area (Å²) in [5.41, 5.74) is 1.27. The van der Waals surface area contributed by atoms with Crippen molar-refractivity contribution in [1.29, 1.82) is 0 Å². The number of hydrogen-bond donors (Lipinski definition) is 1. The predicted octanol–water partition coefficient (Wildman–Crippen LogP) is 1.39. The standard InChI is InChI=1S/C9H13N2.Y/c1-2-5-11-8-9-3-6-10-7-4-9;/h3-4,6-7,11H,1-2,5,8H2;/q-1;+3. The van der Waals surface area contributed by atoms with Crippen LogP contribution in [0.1, 0.15) is 12.0 Å². The number of aromatic nitrogens is 1. The maximum Gasteiger partial charge on any atom is 3.00 e. The summed E-state index contributed by atoms with van der Waals surface area (Å²) in [6.07, 6.45) is 4.55. The van der Waals surface area contributed by atoms with E-state index >= 15 is 0 Å². The number of rotatable bonds is 4. The Labute approximate surface area is 99.0 Å². The van der Waals surface area contributed by atoms with Gasteiger partial charge in [0.25, 0.3) is 0 Å². The minimum atomic E-state index is 0. The van der Waals surface area contributed by atoms with E-state index in [2.05, 4.69) is 17.2 Å². The van der Waals surface area contributed by atoms with Crippen LogP contribution >= 0.6 is 0 Å². The van der Waals surface area contributed by atoms with Crippen LogP contribution in [-0.4, -0.2) is 11.5 Å². The molecule has 0 unspecified atom stereocenters. The molecule has 0 spiro atoms. The van der Waals surface area contributed by atoms with Gasteiger partial charge in [0.1, 0.15) is 0 Å². The molecule has 0 saturated carbocycles. The fourth-order valence-corrected chi connectivity index (χ4v) is 0.858. The zero-order valence-electron chi connectivity index (χ0n) is 7.16. The van der Waals surface area contributed by atoms with Crippen molar-refractivity contribution in [1.82, 2.24) is 10.3 Å². The van der Waals surface area contributed by atoms with Crippen LogP contribution in [0.15, 0.2) is 24.5 Å². The van der Waals surface area contributed by atoms with Crippen molar-refractivity contribution in [3.8, 4) is 0 Å². The molecule has 12 heavy (non-hydrogen) atoms. The molecule has 1 aromatic rings. The molecule has 3 heteroatoms. The molecule has 0 radical (unpaired) electrons. The SMILES string of the molecule is [CH2-]CCNCc1ccncc1.[Y+3]. The number of nitrogens with zero attached hydrogens (tertiary/aromatic N) is 1. The summed E-state index contributed by atoms with van der Waals surface area (Å²) in [5, 5.41) is 3.26.